The Bertz CT molecular complexity index is 953. The van der Waals surface area contributed by atoms with E-state index < -0.39 is 0 Å². The van der Waals surface area contributed by atoms with Crippen molar-refractivity contribution in [3.05, 3.63) is 88.0 Å². The average Bonchev–Trinajstić information content (AvgIpc) is 3.11. The van der Waals surface area contributed by atoms with E-state index >= 15 is 0 Å². The largest absolute Gasteiger partial charge is 0.444 e. The van der Waals surface area contributed by atoms with Gasteiger partial charge in [-0.05, 0) is 69.9 Å². The van der Waals surface area contributed by atoms with Crippen molar-refractivity contribution < 1.29 is 18.4 Å². The first-order chi connectivity index (χ1) is 13.5. The highest BCUT2D eigenvalue weighted by Crippen LogP contribution is 2.16. The standard InChI is InChI=1S/C21H18BrFN2O3/c22-19-10-9-18(28-19)21(27)25-17-7-3-15(4-8-17)13-20(26)24-12-11-14-1-5-16(23)6-2-14/h1-10H,11-13H2,(H,24,26)(H,25,27). The molecule has 0 aliphatic carbocycles. The Morgan fingerprint density at radius 2 is 1.61 bits per heavy atom. The van der Waals surface area contributed by atoms with E-state index in [2.05, 4.69) is 26.6 Å². The zero-order chi connectivity index (χ0) is 19.9. The average molecular weight is 445 g/mol. The lowest BCUT2D eigenvalue weighted by Gasteiger charge is -2.07. The van der Waals surface area contributed by atoms with Crippen molar-refractivity contribution in [1.29, 1.82) is 0 Å². The zero-order valence-corrected chi connectivity index (χ0v) is 16.5. The van der Waals surface area contributed by atoms with Gasteiger partial charge in [-0.3, -0.25) is 9.59 Å². The fourth-order valence-electron chi connectivity index (χ4n) is 2.58. The highest BCUT2D eigenvalue weighted by Gasteiger charge is 2.11. The Morgan fingerprint density at radius 3 is 2.25 bits per heavy atom. The Balaban J connectivity index is 1.44. The molecule has 0 spiro atoms. The van der Waals surface area contributed by atoms with Crippen LogP contribution in [0.2, 0.25) is 0 Å². The molecule has 0 bridgehead atoms. The third-order valence-corrected chi connectivity index (χ3v) is 4.45. The lowest BCUT2D eigenvalue weighted by atomic mass is 10.1. The summed E-state index contributed by atoms with van der Waals surface area (Å²) in [6, 6.07) is 16.5. The molecule has 7 heteroatoms. The van der Waals surface area contributed by atoms with Gasteiger partial charge in [0.2, 0.25) is 5.91 Å². The number of nitrogens with one attached hydrogen (secondary N) is 2. The maximum Gasteiger partial charge on any atom is 0.291 e. The van der Waals surface area contributed by atoms with E-state index in [0.29, 0.717) is 23.3 Å². The van der Waals surface area contributed by atoms with E-state index in [9.17, 15) is 14.0 Å². The minimum atomic E-state index is -0.350. The first-order valence-electron chi connectivity index (χ1n) is 8.66. The zero-order valence-electron chi connectivity index (χ0n) is 14.9. The van der Waals surface area contributed by atoms with Crippen LogP contribution in [0.5, 0.6) is 0 Å². The van der Waals surface area contributed by atoms with E-state index in [1.165, 1.54) is 12.1 Å². The van der Waals surface area contributed by atoms with Crippen LogP contribution in [-0.2, 0) is 17.6 Å². The number of carbonyl (C=O) groups is 2. The minimum Gasteiger partial charge on any atom is -0.444 e. The Labute approximate surface area is 170 Å². The summed E-state index contributed by atoms with van der Waals surface area (Å²) in [6.45, 7) is 0.483. The van der Waals surface area contributed by atoms with Crippen LogP contribution in [0.15, 0.2) is 69.8 Å². The summed E-state index contributed by atoms with van der Waals surface area (Å²) in [6.07, 6.45) is 0.878. The molecule has 2 N–H and O–H groups in total. The predicted molar refractivity (Wildman–Crippen MR) is 108 cm³/mol. The number of carbonyl (C=O) groups excluding carboxylic acids is 2. The maximum atomic E-state index is 12.9. The molecular formula is C21H18BrFN2O3. The van der Waals surface area contributed by atoms with Gasteiger partial charge in [-0.15, -0.1) is 0 Å². The van der Waals surface area contributed by atoms with E-state index in [0.717, 1.165) is 11.1 Å². The number of benzene rings is 2. The molecule has 2 aromatic carbocycles. The Hall–Kier alpha value is -2.93. The second-order valence-electron chi connectivity index (χ2n) is 6.16. The van der Waals surface area contributed by atoms with Crippen molar-refractivity contribution >= 4 is 33.4 Å². The summed E-state index contributed by atoms with van der Waals surface area (Å²) in [5.74, 6) is -0.516. The van der Waals surface area contributed by atoms with Gasteiger partial charge < -0.3 is 15.1 Å². The molecule has 0 fully saturated rings. The second kappa shape index (κ2) is 9.32. The smallest absolute Gasteiger partial charge is 0.291 e. The molecule has 0 saturated carbocycles. The summed E-state index contributed by atoms with van der Waals surface area (Å²) >= 11 is 3.15. The monoisotopic (exact) mass is 444 g/mol. The maximum absolute atomic E-state index is 12.9. The van der Waals surface area contributed by atoms with Crippen molar-refractivity contribution in [3.63, 3.8) is 0 Å². The van der Waals surface area contributed by atoms with Gasteiger partial charge in [-0.1, -0.05) is 24.3 Å². The molecule has 0 atom stereocenters. The van der Waals surface area contributed by atoms with Crippen LogP contribution in [0.3, 0.4) is 0 Å². The molecule has 2 amide bonds. The van der Waals surface area contributed by atoms with Crippen LogP contribution >= 0.6 is 15.9 Å². The second-order valence-corrected chi connectivity index (χ2v) is 6.94. The molecule has 0 aliphatic rings. The lowest BCUT2D eigenvalue weighted by molar-refractivity contribution is -0.120. The number of hydrogen-bond donors (Lipinski definition) is 2. The van der Waals surface area contributed by atoms with E-state index in [1.807, 2.05) is 0 Å². The van der Waals surface area contributed by atoms with Crippen LogP contribution in [0, 0.1) is 5.82 Å². The Morgan fingerprint density at radius 1 is 0.929 bits per heavy atom. The fourth-order valence-corrected chi connectivity index (χ4v) is 2.89. The van der Waals surface area contributed by atoms with Crippen molar-refractivity contribution in [3.8, 4) is 0 Å². The molecular weight excluding hydrogens is 427 g/mol. The van der Waals surface area contributed by atoms with Crippen LogP contribution in [0.25, 0.3) is 0 Å². The summed E-state index contributed by atoms with van der Waals surface area (Å²) in [5.41, 5.74) is 2.40. The number of hydrogen-bond acceptors (Lipinski definition) is 3. The van der Waals surface area contributed by atoms with Gasteiger partial charge in [0.25, 0.3) is 5.91 Å². The minimum absolute atomic E-state index is 0.0978. The highest BCUT2D eigenvalue weighted by molar-refractivity contribution is 9.10. The number of rotatable bonds is 7. The van der Waals surface area contributed by atoms with Crippen molar-refractivity contribution in [2.24, 2.45) is 0 Å². The van der Waals surface area contributed by atoms with Gasteiger partial charge in [0.05, 0.1) is 6.42 Å². The first-order valence-corrected chi connectivity index (χ1v) is 9.46. The molecule has 3 rings (SSSR count). The third-order valence-electron chi connectivity index (χ3n) is 4.02. The summed E-state index contributed by atoms with van der Waals surface area (Å²) < 4.78 is 18.6. The molecule has 3 aromatic rings. The van der Waals surface area contributed by atoms with E-state index in [1.54, 1.807) is 48.5 Å². The van der Waals surface area contributed by atoms with Gasteiger partial charge in [0, 0.05) is 12.2 Å². The molecule has 0 radical (unpaired) electrons. The highest BCUT2D eigenvalue weighted by atomic mass is 79.9. The molecule has 28 heavy (non-hydrogen) atoms. The molecule has 144 valence electrons. The molecule has 0 saturated heterocycles. The summed E-state index contributed by atoms with van der Waals surface area (Å²) in [4.78, 5) is 24.1. The third kappa shape index (κ3) is 5.79. The molecule has 1 aromatic heterocycles. The predicted octanol–water partition coefficient (Wildman–Crippen LogP) is 4.33. The summed E-state index contributed by atoms with van der Waals surface area (Å²) in [5, 5.41) is 5.57. The quantitative estimate of drug-likeness (QED) is 0.569. The van der Waals surface area contributed by atoms with Crippen LogP contribution in [-0.4, -0.2) is 18.4 Å². The lowest BCUT2D eigenvalue weighted by Crippen LogP contribution is -2.27. The van der Waals surface area contributed by atoms with Crippen LogP contribution in [0.4, 0.5) is 10.1 Å². The fraction of sp³-hybridized carbons (Fsp3) is 0.143. The SMILES string of the molecule is O=C(Cc1ccc(NC(=O)c2ccc(Br)o2)cc1)NCCc1ccc(F)cc1. The molecule has 1 heterocycles. The number of halogens is 2. The number of furan rings is 1. The van der Waals surface area contributed by atoms with Gasteiger partial charge in [-0.25, -0.2) is 4.39 Å². The van der Waals surface area contributed by atoms with Crippen molar-refractivity contribution in [2.75, 3.05) is 11.9 Å². The number of anilines is 1. The van der Waals surface area contributed by atoms with Gasteiger partial charge >= 0.3 is 0 Å². The van der Waals surface area contributed by atoms with Crippen molar-refractivity contribution in [2.45, 2.75) is 12.8 Å². The topological polar surface area (TPSA) is 71.3 Å². The molecule has 0 aliphatic heterocycles. The van der Waals surface area contributed by atoms with Crippen LogP contribution < -0.4 is 10.6 Å². The van der Waals surface area contributed by atoms with Crippen molar-refractivity contribution in [1.82, 2.24) is 5.32 Å². The normalized spacial score (nSPS) is 10.5. The molecule has 5 nitrogen and oxygen atoms in total. The van der Waals surface area contributed by atoms with Gasteiger partial charge in [-0.2, -0.15) is 0 Å². The Kier molecular flexibility index (Phi) is 6.60. The molecule has 0 unspecified atom stereocenters. The number of amides is 2. The first kappa shape index (κ1) is 19.8. The van der Waals surface area contributed by atoms with Gasteiger partial charge in [0.15, 0.2) is 10.4 Å². The van der Waals surface area contributed by atoms with E-state index in [-0.39, 0.29) is 29.8 Å². The summed E-state index contributed by atoms with van der Waals surface area (Å²) in [7, 11) is 0. The van der Waals surface area contributed by atoms with Gasteiger partial charge in [0.1, 0.15) is 5.82 Å². The van der Waals surface area contributed by atoms with Crippen LogP contribution in [0.1, 0.15) is 21.7 Å². The van der Waals surface area contributed by atoms with E-state index in [4.69, 9.17) is 4.42 Å².